The highest BCUT2D eigenvalue weighted by molar-refractivity contribution is 7.47. The van der Waals surface area contributed by atoms with Gasteiger partial charge in [-0.1, -0.05) is 108 Å². The number of phosphoric acid groups is 1. The average molecular weight is 749 g/mol. The van der Waals surface area contributed by atoms with E-state index in [2.05, 4.69) is 50.3 Å². The summed E-state index contributed by atoms with van der Waals surface area (Å²) in [5.74, 6) is -0.497. The SMILES string of the molecule is CCC/C=C\C/C=C\CCCCCCCC(=O)OC(COCCCCCCCC/C=C\CCC)COP(=O)(O)OC1C(O)C(O)C(O)C(O)C1O. The van der Waals surface area contributed by atoms with Crippen LogP contribution in [0.2, 0.25) is 0 Å². The van der Waals surface area contributed by atoms with Gasteiger partial charge in [-0.25, -0.2) is 4.57 Å². The highest BCUT2D eigenvalue weighted by Crippen LogP contribution is 2.47. The van der Waals surface area contributed by atoms with Crippen LogP contribution in [0, 0.1) is 0 Å². The minimum atomic E-state index is -5.01. The van der Waals surface area contributed by atoms with Crippen LogP contribution in [0.4, 0.5) is 0 Å². The third-order valence-corrected chi connectivity index (χ3v) is 9.68. The van der Waals surface area contributed by atoms with Gasteiger partial charge in [0.2, 0.25) is 0 Å². The fraction of sp³-hybridized carbons (Fsp3) is 0.816. The lowest BCUT2D eigenvalue weighted by Crippen LogP contribution is -2.64. The zero-order valence-electron chi connectivity index (χ0n) is 31.1. The maximum absolute atomic E-state index is 12.7. The van der Waals surface area contributed by atoms with Gasteiger partial charge in [0.25, 0.3) is 0 Å². The van der Waals surface area contributed by atoms with Crippen molar-refractivity contribution in [1.82, 2.24) is 0 Å². The second-order valence-corrected chi connectivity index (χ2v) is 14.8. The van der Waals surface area contributed by atoms with Gasteiger partial charge in [0.05, 0.1) is 13.2 Å². The van der Waals surface area contributed by atoms with E-state index in [-0.39, 0.29) is 13.0 Å². The molecule has 51 heavy (non-hydrogen) atoms. The molecule has 1 aliphatic rings. The summed E-state index contributed by atoms with van der Waals surface area (Å²) in [5.41, 5.74) is 0. The van der Waals surface area contributed by atoms with Gasteiger partial charge < -0.3 is 39.9 Å². The standard InChI is InChI=1S/C38H69O12P/c1-3-5-7-9-11-13-15-16-17-19-21-23-25-27-32(39)49-31(29-47-28-26-24-22-20-18-14-12-10-8-6-4-2)30-48-51(45,46)50-38-36(43)34(41)33(40)35(42)37(38)44/h7-10,13,15,31,33-38,40-44H,3-6,11-12,14,16-30H2,1-2H3,(H,45,46)/b9-7-,10-8-,15-13-. The number of aliphatic hydroxyl groups is 5. The molecular weight excluding hydrogens is 679 g/mol. The molecular formula is C38H69O12P. The van der Waals surface area contributed by atoms with E-state index in [1.54, 1.807) is 0 Å². The predicted octanol–water partition coefficient (Wildman–Crippen LogP) is 6.36. The van der Waals surface area contributed by atoms with Gasteiger partial charge in [-0.15, -0.1) is 0 Å². The van der Waals surface area contributed by atoms with Crippen molar-refractivity contribution in [2.45, 2.75) is 179 Å². The van der Waals surface area contributed by atoms with E-state index in [1.165, 1.54) is 19.3 Å². The number of allylic oxidation sites excluding steroid dienone is 6. The molecule has 6 unspecified atom stereocenters. The lowest BCUT2D eigenvalue weighted by atomic mass is 9.85. The summed E-state index contributed by atoms with van der Waals surface area (Å²) in [5, 5.41) is 49.9. The Bertz CT molecular complexity index is 989. The Morgan fingerprint density at radius 2 is 1.10 bits per heavy atom. The minimum absolute atomic E-state index is 0.0873. The van der Waals surface area contributed by atoms with Crippen molar-refractivity contribution >= 4 is 13.8 Å². The summed E-state index contributed by atoms with van der Waals surface area (Å²) in [7, 11) is -5.01. The molecule has 0 heterocycles. The molecule has 12 nitrogen and oxygen atoms in total. The van der Waals surface area contributed by atoms with E-state index in [9.17, 15) is 39.8 Å². The number of carbonyl (C=O) groups is 1. The van der Waals surface area contributed by atoms with Gasteiger partial charge in [-0.2, -0.15) is 0 Å². The second-order valence-electron chi connectivity index (χ2n) is 13.4. The lowest BCUT2D eigenvalue weighted by Gasteiger charge is -2.41. The van der Waals surface area contributed by atoms with Crippen LogP contribution in [0.15, 0.2) is 36.5 Å². The Balaban J connectivity index is 2.50. The molecule has 13 heteroatoms. The zero-order chi connectivity index (χ0) is 37.7. The first-order chi connectivity index (χ1) is 24.5. The molecule has 0 amide bonds. The van der Waals surface area contributed by atoms with Gasteiger partial charge in [0.1, 0.15) is 42.7 Å². The van der Waals surface area contributed by atoms with Crippen molar-refractivity contribution in [3.8, 4) is 0 Å². The molecule has 6 N–H and O–H groups in total. The van der Waals surface area contributed by atoms with Crippen molar-refractivity contribution in [2.75, 3.05) is 19.8 Å². The predicted molar refractivity (Wildman–Crippen MR) is 198 cm³/mol. The summed E-state index contributed by atoms with van der Waals surface area (Å²) in [4.78, 5) is 23.0. The van der Waals surface area contributed by atoms with Crippen LogP contribution in [0.5, 0.6) is 0 Å². The zero-order valence-corrected chi connectivity index (χ0v) is 32.0. The van der Waals surface area contributed by atoms with E-state index in [0.717, 1.165) is 89.9 Å². The molecule has 6 atom stereocenters. The van der Waals surface area contributed by atoms with Crippen LogP contribution >= 0.6 is 7.82 Å². The molecule has 0 spiro atoms. The number of hydrogen-bond acceptors (Lipinski definition) is 11. The number of esters is 1. The molecule has 1 saturated carbocycles. The van der Waals surface area contributed by atoms with Crippen LogP contribution in [-0.4, -0.2) is 98.9 Å². The maximum atomic E-state index is 12.7. The number of unbranched alkanes of at least 4 members (excludes halogenated alkanes) is 13. The quantitative estimate of drug-likeness (QED) is 0.0199. The molecule has 1 fully saturated rings. The number of ether oxygens (including phenoxy) is 2. The Kier molecular flexibility index (Phi) is 27.9. The van der Waals surface area contributed by atoms with Crippen molar-refractivity contribution in [3.63, 3.8) is 0 Å². The van der Waals surface area contributed by atoms with Crippen molar-refractivity contribution in [3.05, 3.63) is 36.5 Å². The normalized spacial score (nSPS) is 24.5. The molecule has 0 aromatic carbocycles. The third-order valence-electron chi connectivity index (χ3n) is 8.70. The Morgan fingerprint density at radius 1 is 0.627 bits per heavy atom. The first-order valence-electron chi connectivity index (χ1n) is 19.3. The molecule has 0 radical (unpaired) electrons. The molecule has 0 bridgehead atoms. The lowest BCUT2D eigenvalue weighted by molar-refractivity contribution is -0.220. The third kappa shape index (κ3) is 23.1. The Labute approximate surface area is 306 Å². The van der Waals surface area contributed by atoms with Gasteiger partial charge in [-0.3, -0.25) is 13.8 Å². The summed E-state index contributed by atoms with van der Waals surface area (Å²) in [6, 6.07) is 0. The molecule has 0 aromatic rings. The average Bonchev–Trinajstić information content (AvgIpc) is 3.11. The van der Waals surface area contributed by atoms with Crippen LogP contribution in [-0.2, 0) is 27.9 Å². The first-order valence-corrected chi connectivity index (χ1v) is 20.8. The molecule has 0 aromatic heterocycles. The van der Waals surface area contributed by atoms with E-state index in [0.29, 0.717) is 13.0 Å². The summed E-state index contributed by atoms with van der Waals surface area (Å²) in [6.07, 6.45) is 19.4. The van der Waals surface area contributed by atoms with Crippen molar-refractivity contribution < 1.29 is 58.3 Å². The molecule has 0 saturated heterocycles. The second kappa shape index (κ2) is 29.9. The Hall–Kier alpha value is -1.44. The highest BCUT2D eigenvalue weighted by atomic mass is 31.2. The smallest absolute Gasteiger partial charge is 0.457 e. The summed E-state index contributed by atoms with van der Waals surface area (Å²) >= 11 is 0. The molecule has 1 rings (SSSR count). The van der Waals surface area contributed by atoms with E-state index < -0.39 is 63.1 Å². The fourth-order valence-corrected chi connectivity index (χ4v) is 6.54. The van der Waals surface area contributed by atoms with E-state index in [4.69, 9.17) is 18.5 Å². The van der Waals surface area contributed by atoms with Crippen LogP contribution in [0.3, 0.4) is 0 Å². The van der Waals surface area contributed by atoms with E-state index in [1.807, 2.05) is 0 Å². The molecule has 0 aliphatic heterocycles. The summed E-state index contributed by atoms with van der Waals surface area (Å²) in [6.45, 7) is 4.07. The number of aliphatic hydroxyl groups excluding tert-OH is 5. The van der Waals surface area contributed by atoms with Crippen molar-refractivity contribution in [2.24, 2.45) is 0 Å². The van der Waals surface area contributed by atoms with Crippen LogP contribution < -0.4 is 0 Å². The maximum Gasteiger partial charge on any atom is 0.472 e. The highest BCUT2D eigenvalue weighted by Gasteiger charge is 2.51. The topological polar surface area (TPSA) is 192 Å². The number of hydrogen-bond donors (Lipinski definition) is 6. The molecule has 298 valence electrons. The van der Waals surface area contributed by atoms with Crippen LogP contribution in [0.1, 0.15) is 136 Å². The number of rotatable bonds is 31. The van der Waals surface area contributed by atoms with Crippen LogP contribution in [0.25, 0.3) is 0 Å². The monoisotopic (exact) mass is 748 g/mol. The fourth-order valence-electron chi connectivity index (χ4n) is 5.57. The van der Waals surface area contributed by atoms with Gasteiger partial charge in [-0.05, 0) is 57.8 Å². The summed E-state index contributed by atoms with van der Waals surface area (Å²) < 4.78 is 33.9. The first kappa shape index (κ1) is 47.6. The number of carbonyl (C=O) groups excluding carboxylic acids is 1. The Morgan fingerprint density at radius 3 is 1.69 bits per heavy atom. The van der Waals surface area contributed by atoms with Gasteiger partial charge >= 0.3 is 13.8 Å². The molecule has 1 aliphatic carbocycles. The van der Waals surface area contributed by atoms with Gasteiger partial charge in [0.15, 0.2) is 0 Å². The minimum Gasteiger partial charge on any atom is -0.457 e. The number of phosphoric ester groups is 1. The largest absolute Gasteiger partial charge is 0.472 e. The van der Waals surface area contributed by atoms with Gasteiger partial charge in [0, 0.05) is 13.0 Å². The van der Waals surface area contributed by atoms with E-state index >= 15 is 0 Å². The van der Waals surface area contributed by atoms with Crippen molar-refractivity contribution in [1.29, 1.82) is 0 Å².